The van der Waals surface area contributed by atoms with Crippen LogP contribution in [0.3, 0.4) is 0 Å². The second-order valence-electron chi connectivity index (χ2n) is 4.87. The zero-order valence-electron chi connectivity index (χ0n) is 11.5. The molecular weight excluding hydrogens is 266 g/mol. The van der Waals surface area contributed by atoms with E-state index in [0.717, 1.165) is 16.7 Å². The van der Waals surface area contributed by atoms with Crippen molar-refractivity contribution < 1.29 is 10.2 Å². The van der Waals surface area contributed by atoms with E-state index >= 15 is 0 Å². The highest BCUT2D eigenvalue weighted by Crippen LogP contribution is 2.30. The molecule has 0 amide bonds. The Balaban J connectivity index is 1.88. The highest BCUT2D eigenvalue weighted by atomic mass is 16.3. The fourth-order valence-electron chi connectivity index (χ4n) is 2.27. The van der Waals surface area contributed by atoms with Crippen molar-refractivity contribution in [2.45, 2.75) is 13.0 Å². The second kappa shape index (κ2) is 5.28. The molecule has 21 heavy (non-hydrogen) atoms. The molecule has 3 rings (SSSR count). The highest BCUT2D eigenvalue weighted by molar-refractivity contribution is 5.78. The van der Waals surface area contributed by atoms with Crippen LogP contribution in [0.2, 0.25) is 0 Å². The summed E-state index contributed by atoms with van der Waals surface area (Å²) in [6, 6.07) is 10.0. The number of hydrogen-bond acceptors (Lipinski definition) is 5. The summed E-state index contributed by atoms with van der Waals surface area (Å²) >= 11 is 0. The van der Waals surface area contributed by atoms with Gasteiger partial charge in [-0.1, -0.05) is 0 Å². The molecule has 1 aromatic heterocycles. The minimum atomic E-state index is -0.161. The fraction of sp³-hybridized carbons (Fsp3) is 0.125. The molecule has 106 valence electrons. The van der Waals surface area contributed by atoms with Crippen molar-refractivity contribution in [3.8, 4) is 11.5 Å². The van der Waals surface area contributed by atoms with Crippen molar-refractivity contribution in [3.63, 3.8) is 0 Å². The van der Waals surface area contributed by atoms with Gasteiger partial charge in [0.1, 0.15) is 11.5 Å². The molecule has 0 bridgehead atoms. The number of rotatable bonds is 3. The molecule has 0 aliphatic rings. The first kappa shape index (κ1) is 13.2. The SMILES string of the molecule is CC(Nc1ccc2nccnc2c1)c1cc(O)ccc1O. The van der Waals surface area contributed by atoms with Crippen molar-refractivity contribution in [3.05, 3.63) is 54.4 Å². The predicted octanol–water partition coefficient (Wildman–Crippen LogP) is 3.21. The van der Waals surface area contributed by atoms with Gasteiger partial charge in [-0.25, -0.2) is 0 Å². The third kappa shape index (κ3) is 2.72. The van der Waals surface area contributed by atoms with E-state index in [2.05, 4.69) is 15.3 Å². The Bertz CT molecular complexity index is 789. The van der Waals surface area contributed by atoms with Crippen molar-refractivity contribution >= 4 is 16.7 Å². The molecule has 1 atom stereocenters. The molecule has 1 unspecified atom stereocenters. The van der Waals surface area contributed by atoms with E-state index in [9.17, 15) is 10.2 Å². The van der Waals surface area contributed by atoms with Gasteiger partial charge >= 0.3 is 0 Å². The summed E-state index contributed by atoms with van der Waals surface area (Å²) in [5.74, 6) is 0.272. The molecule has 5 heteroatoms. The lowest BCUT2D eigenvalue weighted by Crippen LogP contribution is -2.06. The van der Waals surface area contributed by atoms with Gasteiger partial charge in [-0.05, 0) is 43.3 Å². The average molecular weight is 281 g/mol. The number of aromatic nitrogens is 2. The number of aromatic hydroxyl groups is 2. The minimum absolute atomic E-state index is 0.126. The molecular formula is C16H15N3O2. The maximum absolute atomic E-state index is 9.88. The molecule has 0 fully saturated rings. The maximum atomic E-state index is 9.88. The van der Waals surface area contributed by atoms with Crippen LogP contribution < -0.4 is 5.32 Å². The molecule has 3 N–H and O–H groups in total. The third-order valence-electron chi connectivity index (χ3n) is 3.33. The number of phenolic OH excluding ortho intramolecular Hbond substituents is 2. The van der Waals surface area contributed by atoms with Crippen LogP contribution in [-0.4, -0.2) is 20.2 Å². The van der Waals surface area contributed by atoms with Gasteiger partial charge in [-0.2, -0.15) is 0 Å². The Kier molecular flexibility index (Phi) is 3.31. The van der Waals surface area contributed by atoms with Crippen LogP contribution in [0.4, 0.5) is 5.69 Å². The van der Waals surface area contributed by atoms with Crippen LogP contribution in [-0.2, 0) is 0 Å². The fourth-order valence-corrected chi connectivity index (χ4v) is 2.27. The van der Waals surface area contributed by atoms with Gasteiger partial charge in [0, 0.05) is 23.6 Å². The first-order chi connectivity index (χ1) is 10.1. The number of nitrogens with one attached hydrogen (secondary N) is 1. The zero-order valence-corrected chi connectivity index (χ0v) is 11.5. The number of hydrogen-bond donors (Lipinski definition) is 3. The summed E-state index contributed by atoms with van der Waals surface area (Å²) in [6.45, 7) is 1.91. The van der Waals surface area contributed by atoms with Gasteiger partial charge in [-0.15, -0.1) is 0 Å². The monoisotopic (exact) mass is 281 g/mol. The summed E-state index contributed by atoms with van der Waals surface area (Å²) in [6.07, 6.45) is 3.31. The number of nitrogens with zero attached hydrogens (tertiary/aromatic N) is 2. The lowest BCUT2D eigenvalue weighted by atomic mass is 10.1. The van der Waals surface area contributed by atoms with E-state index in [-0.39, 0.29) is 17.5 Å². The van der Waals surface area contributed by atoms with Crippen molar-refractivity contribution in [1.29, 1.82) is 0 Å². The summed E-state index contributed by atoms with van der Waals surface area (Å²) in [7, 11) is 0. The van der Waals surface area contributed by atoms with E-state index in [1.165, 1.54) is 12.1 Å². The first-order valence-electron chi connectivity index (χ1n) is 6.62. The van der Waals surface area contributed by atoms with E-state index in [4.69, 9.17) is 0 Å². The Morgan fingerprint density at radius 2 is 1.71 bits per heavy atom. The van der Waals surface area contributed by atoms with Crippen LogP contribution >= 0.6 is 0 Å². The summed E-state index contributed by atoms with van der Waals surface area (Å²) in [5.41, 5.74) is 3.14. The smallest absolute Gasteiger partial charge is 0.121 e. The van der Waals surface area contributed by atoms with Crippen LogP contribution in [0.5, 0.6) is 11.5 Å². The molecule has 0 radical (unpaired) electrons. The molecule has 1 heterocycles. The van der Waals surface area contributed by atoms with Gasteiger partial charge in [-0.3, -0.25) is 9.97 Å². The molecule has 0 saturated heterocycles. The van der Waals surface area contributed by atoms with Crippen LogP contribution in [0, 0.1) is 0 Å². The molecule has 0 aliphatic heterocycles. The largest absolute Gasteiger partial charge is 0.508 e. The maximum Gasteiger partial charge on any atom is 0.121 e. The predicted molar refractivity (Wildman–Crippen MR) is 81.3 cm³/mol. The second-order valence-corrected chi connectivity index (χ2v) is 4.87. The topological polar surface area (TPSA) is 78.3 Å². The number of anilines is 1. The molecule has 5 nitrogen and oxygen atoms in total. The van der Waals surface area contributed by atoms with Crippen LogP contribution in [0.25, 0.3) is 11.0 Å². The Morgan fingerprint density at radius 3 is 2.52 bits per heavy atom. The zero-order chi connectivity index (χ0) is 14.8. The van der Waals surface area contributed by atoms with Gasteiger partial charge < -0.3 is 15.5 Å². The number of fused-ring (bicyclic) bond motifs is 1. The molecule has 0 spiro atoms. The van der Waals surface area contributed by atoms with Gasteiger partial charge in [0.05, 0.1) is 17.1 Å². The van der Waals surface area contributed by atoms with E-state index < -0.39 is 0 Å². The normalized spacial score (nSPS) is 12.2. The Labute approximate surface area is 121 Å². The Hall–Kier alpha value is -2.82. The van der Waals surface area contributed by atoms with E-state index in [0.29, 0.717) is 5.56 Å². The molecule has 3 aromatic rings. The quantitative estimate of drug-likeness (QED) is 0.642. The molecule has 2 aromatic carbocycles. The van der Waals surface area contributed by atoms with E-state index in [1.807, 2.05) is 25.1 Å². The van der Waals surface area contributed by atoms with Crippen molar-refractivity contribution in [2.75, 3.05) is 5.32 Å². The third-order valence-corrected chi connectivity index (χ3v) is 3.33. The first-order valence-corrected chi connectivity index (χ1v) is 6.62. The number of benzene rings is 2. The standard InChI is InChI=1S/C16H15N3O2/c1-10(13-9-12(20)3-5-16(13)21)19-11-2-4-14-15(8-11)18-7-6-17-14/h2-10,19-21H,1H3. The minimum Gasteiger partial charge on any atom is -0.508 e. The lowest BCUT2D eigenvalue weighted by molar-refractivity contribution is 0.451. The summed E-state index contributed by atoms with van der Waals surface area (Å²) < 4.78 is 0. The summed E-state index contributed by atoms with van der Waals surface area (Å²) in [5, 5.41) is 22.7. The van der Waals surface area contributed by atoms with Crippen LogP contribution in [0.1, 0.15) is 18.5 Å². The number of phenols is 2. The van der Waals surface area contributed by atoms with Crippen molar-refractivity contribution in [2.24, 2.45) is 0 Å². The highest BCUT2D eigenvalue weighted by Gasteiger charge is 2.11. The molecule has 0 saturated carbocycles. The average Bonchev–Trinajstić information content (AvgIpc) is 2.49. The van der Waals surface area contributed by atoms with Gasteiger partial charge in [0.15, 0.2) is 0 Å². The summed E-state index contributed by atoms with van der Waals surface area (Å²) in [4.78, 5) is 8.48. The van der Waals surface area contributed by atoms with Gasteiger partial charge in [0.25, 0.3) is 0 Å². The van der Waals surface area contributed by atoms with Gasteiger partial charge in [0.2, 0.25) is 0 Å². The van der Waals surface area contributed by atoms with E-state index in [1.54, 1.807) is 18.5 Å². The lowest BCUT2D eigenvalue weighted by Gasteiger charge is -2.17. The van der Waals surface area contributed by atoms with Crippen molar-refractivity contribution in [1.82, 2.24) is 9.97 Å². The van der Waals surface area contributed by atoms with Crippen LogP contribution in [0.15, 0.2) is 48.8 Å². The Morgan fingerprint density at radius 1 is 0.952 bits per heavy atom. The molecule has 0 aliphatic carbocycles.